The molecule has 1 atom stereocenters. The number of likely N-dealkylation sites (tertiary alicyclic amines) is 1. The van der Waals surface area contributed by atoms with Crippen molar-refractivity contribution in [1.29, 1.82) is 0 Å². The summed E-state index contributed by atoms with van der Waals surface area (Å²) in [5.74, 6) is 2.33. The number of hydrogen-bond donors (Lipinski definition) is 2. The van der Waals surface area contributed by atoms with E-state index < -0.39 is 0 Å². The first-order valence-electron chi connectivity index (χ1n) is 7.62. The molecule has 0 radical (unpaired) electrons. The van der Waals surface area contributed by atoms with E-state index in [1.54, 1.807) is 0 Å². The van der Waals surface area contributed by atoms with Crippen LogP contribution in [0.1, 0.15) is 18.7 Å². The predicted octanol–water partition coefficient (Wildman–Crippen LogP) is 2.53. The van der Waals surface area contributed by atoms with Gasteiger partial charge in [-0.25, -0.2) is 4.98 Å². The van der Waals surface area contributed by atoms with E-state index >= 15 is 0 Å². The molecule has 0 spiro atoms. The fraction of sp³-hybridized carbons (Fsp3) is 0.500. The summed E-state index contributed by atoms with van der Waals surface area (Å²) in [5.41, 5.74) is 2.19. The highest BCUT2D eigenvalue weighted by molar-refractivity contribution is 5.62. The van der Waals surface area contributed by atoms with Gasteiger partial charge in [-0.05, 0) is 51.4 Å². The van der Waals surface area contributed by atoms with Gasteiger partial charge in [0.25, 0.3) is 0 Å². The van der Waals surface area contributed by atoms with E-state index in [9.17, 15) is 0 Å². The van der Waals surface area contributed by atoms with Gasteiger partial charge in [0.1, 0.15) is 5.82 Å². The molecule has 21 heavy (non-hydrogen) atoms. The molecule has 2 heterocycles. The van der Waals surface area contributed by atoms with E-state index in [4.69, 9.17) is 0 Å². The topological polar surface area (TPSA) is 56.8 Å². The Labute approximate surface area is 125 Å². The first kappa shape index (κ1) is 14.1. The van der Waals surface area contributed by atoms with Crippen LogP contribution in [-0.4, -0.2) is 46.8 Å². The number of H-pyrrole nitrogens is 1. The van der Waals surface area contributed by atoms with Gasteiger partial charge in [0.05, 0.1) is 0 Å². The van der Waals surface area contributed by atoms with Crippen LogP contribution in [0.25, 0.3) is 11.4 Å². The number of aromatic amines is 1. The third kappa shape index (κ3) is 3.61. The minimum atomic E-state index is 0.734. The van der Waals surface area contributed by atoms with Crippen molar-refractivity contribution in [3.63, 3.8) is 0 Å². The Morgan fingerprint density at radius 2 is 2.33 bits per heavy atom. The number of aromatic nitrogens is 3. The largest absolute Gasteiger partial charge is 0.385 e. The van der Waals surface area contributed by atoms with Crippen molar-refractivity contribution in [3.8, 4) is 11.4 Å². The normalized spacial score (nSPS) is 19.6. The molecule has 5 heteroatoms. The number of hydrogen-bond acceptors (Lipinski definition) is 4. The summed E-state index contributed by atoms with van der Waals surface area (Å²) >= 11 is 0. The fourth-order valence-electron chi connectivity index (χ4n) is 2.94. The molecule has 0 saturated carbocycles. The second-order valence-electron chi connectivity index (χ2n) is 5.98. The summed E-state index contributed by atoms with van der Waals surface area (Å²) in [5, 5.41) is 10.7. The lowest BCUT2D eigenvalue weighted by Crippen LogP contribution is -2.35. The van der Waals surface area contributed by atoms with Crippen LogP contribution in [0, 0.1) is 12.8 Å². The minimum Gasteiger partial charge on any atom is -0.385 e. The quantitative estimate of drug-likeness (QED) is 0.906. The van der Waals surface area contributed by atoms with Crippen LogP contribution in [-0.2, 0) is 0 Å². The Morgan fingerprint density at radius 1 is 1.43 bits per heavy atom. The van der Waals surface area contributed by atoms with Crippen molar-refractivity contribution in [3.05, 3.63) is 30.1 Å². The molecule has 1 unspecified atom stereocenters. The van der Waals surface area contributed by atoms with Crippen molar-refractivity contribution in [1.82, 2.24) is 20.1 Å². The van der Waals surface area contributed by atoms with Gasteiger partial charge in [-0.1, -0.05) is 12.1 Å². The number of aryl methyl sites for hydroxylation is 1. The van der Waals surface area contributed by atoms with Crippen LogP contribution >= 0.6 is 0 Å². The molecule has 1 saturated heterocycles. The van der Waals surface area contributed by atoms with Crippen LogP contribution in [0.4, 0.5) is 5.69 Å². The van der Waals surface area contributed by atoms with Crippen LogP contribution in [0.2, 0.25) is 0 Å². The maximum atomic E-state index is 4.38. The van der Waals surface area contributed by atoms with Crippen molar-refractivity contribution < 1.29 is 0 Å². The summed E-state index contributed by atoms with van der Waals surface area (Å²) in [4.78, 5) is 6.80. The van der Waals surface area contributed by atoms with Gasteiger partial charge < -0.3 is 10.2 Å². The van der Waals surface area contributed by atoms with Crippen LogP contribution in [0.3, 0.4) is 0 Å². The molecule has 2 N–H and O–H groups in total. The highest BCUT2D eigenvalue weighted by Crippen LogP contribution is 2.21. The van der Waals surface area contributed by atoms with Gasteiger partial charge in [0.2, 0.25) is 0 Å². The molecule has 0 bridgehead atoms. The van der Waals surface area contributed by atoms with Gasteiger partial charge >= 0.3 is 0 Å². The molecule has 0 amide bonds. The lowest BCUT2D eigenvalue weighted by molar-refractivity contribution is 0.217. The number of nitrogens with one attached hydrogen (secondary N) is 2. The predicted molar refractivity (Wildman–Crippen MR) is 85.3 cm³/mol. The highest BCUT2D eigenvalue weighted by Gasteiger charge is 2.16. The Kier molecular flexibility index (Phi) is 4.20. The summed E-state index contributed by atoms with van der Waals surface area (Å²) in [6.07, 6.45) is 2.62. The average Bonchev–Trinajstić information content (AvgIpc) is 2.92. The second kappa shape index (κ2) is 6.26. The van der Waals surface area contributed by atoms with Gasteiger partial charge in [0.15, 0.2) is 5.82 Å². The van der Waals surface area contributed by atoms with Crippen molar-refractivity contribution in [2.45, 2.75) is 19.8 Å². The van der Waals surface area contributed by atoms with E-state index in [-0.39, 0.29) is 0 Å². The third-order valence-electron chi connectivity index (χ3n) is 4.03. The molecule has 112 valence electrons. The Morgan fingerprint density at radius 3 is 3.10 bits per heavy atom. The molecule has 2 aromatic rings. The maximum Gasteiger partial charge on any atom is 0.181 e. The van der Waals surface area contributed by atoms with Gasteiger partial charge in [0, 0.05) is 24.3 Å². The number of rotatable bonds is 4. The molecular formula is C16H23N5. The SMILES string of the molecule is Cc1nc(-c2cccc(NCC3CCCN(C)C3)c2)n[nH]1. The highest BCUT2D eigenvalue weighted by atomic mass is 15.2. The van der Waals surface area contributed by atoms with Gasteiger partial charge in [-0.3, -0.25) is 5.10 Å². The van der Waals surface area contributed by atoms with Gasteiger partial charge in [-0.2, -0.15) is 5.10 Å². The van der Waals surface area contributed by atoms with Crippen LogP contribution < -0.4 is 5.32 Å². The number of benzene rings is 1. The van der Waals surface area contributed by atoms with Crippen molar-refractivity contribution >= 4 is 5.69 Å². The fourth-order valence-corrected chi connectivity index (χ4v) is 2.94. The first-order valence-corrected chi connectivity index (χ1v) is 7.62. The standard InChI is InChI=1S/C16H23N5/c1-12-18-16(20-19-12)14-6-3-7-15(9-14)17-10-13-5-4-8-21(2)11-13/h3,6-7,9,13,17H,4-5,8,10-11H2,1-2H3,(H,18,19,20). The summed E-state index contributed by atoms with van der Waals surface area (Å²) in [7, 11) is 2.21. The van der Waals surface area contributed by atoms with Crippen LogP contribution in [0.5, 0.6) is 0 Å². The Balaban J connectivity index is 1.63. The number of nitrogens with zero attached hydrogens (tertiary/aromatic N) is 3. The third-order valence-corrected chi connectivity index (χ3v) is 4.03. The molecule has 1 aromatic carbocycles. The summed E-state index contributed by atoms with van der Waals surface area (Å²) in [6.45, 7) is 5.36. The van der Waals surface area contributed by atoms with Crippen molar-refractivity contribution in [2.75, 3.05) is 32.0 Å². The van der Waals surface area contributed by atoms with Crippen LogP contribution in [0.15, 0.2) is 24.3 Å². The number of anilines is 1. The zero-order valence-corrected chi connectivity index (χ0v) is 12.8. The molecule has 1 aliphatic rings. The van der Waals surface area contributed by atoms with E-state index in [1.807, 2.05) is 13.0 Å². The second-order valence-corrected chi connectivity index (χ2v) is 5.98. The molecule has 0 aliphatic carbocycles. The zero-order valence-electron chi connectivity index (χ0n) is 12.8. The summed E-state index contributed by atoms with van der Waals surface area (Å²) < 4.78 is 0. The maximum absolute atomic E-state index is 4.38. The minimum absolute atomic E-state index is 0.734. The zero-order chi connectivity index (χ0) is 14.7. The molecular weight excluding hydrogens is 262 g/mol. The lowest BCUT2D eigenvalue weighted by Gasteiger charge is -2.30. The van der Waals surface area contributed by atoms with Gasteiger partial charge in [-0.15, -0.1) is 0 Å². The number of piperidine rings is 1. The first-order chi connectivity index (χ1) is 10.2. The van der Waals surface area contributed by atoms with E-state index in [2.05, 4.69) is 50.6 Å². The van der Waals surface area contributed by atoms with E-state index in [0.717, 1.165) is 35.4 Å². The molecule has 1 aromatic heterocycles. The summed E-state index contributed by atoms with van der Waals surface area (Å²) in [6, 6.07) is 8.32. The van der Waals surface area contributed by atoms with E-state index in [1.165, 1.54) is 25.9 Å². The smallest absolute Gasteiger partial charge is 0.181 e. The lowest BCUT2D eigenvalue weighted by atomic mass is 9.98. The van der Waals surface area contributed by atoms with E-state index in [0.29, 0.717) is 0 Å². The Hall–Kier alpha value is -1.88. The molecule has 1 aliphatic heterocycles. The van der Waals surface area contributed by atoms with Crippen molar-refractivity contribution in [2.24, 2.45) is 5.92 Å². The molecule has 3 rings (SSSR count). The monoisotopic (exact) mass is 285 g/mol. The Bertz CT molecular complexity index is 592. The molecule has 1 fully saturated rings. The molecule has 5 nitrogen and oxygen atoms in total. The average molecular weight is 285 g/mol.